The Labute approximate surface area is 160 Å². The molecule has 0 saturated carbocycles. The minimum Gasteiger partial charge on any atom is -0.339 e. The van der Waals surface area contributed by atoms with Gasteiger partial charge in [0.05, 0.1) is 4.90 Å². The summed E-state index contributed by atoms with van der Waals surface area (Å²) in [5.74, 6) is -0.0480. The van der Waals surface area contributed by atoms with Gasteiger partial charge in [-0.1, -0.05) is 5.16 Å². The van der Waals surface area contributed by atoms with E-state index in [0.717, 1.165) is 0 Å². The Hall–Kier alpha value is -3.11. The molecule has 0 radical (unpaired) electrons. The average molecular weight is 404 g/mol. The van der Waals surface area contributed by atoms with Crippen LogP contribution in [0.4, 0.5) is 10.1 Å². The molecular weight excluding hydrogens is 387 g/mol. The summed E-state index contributed by atoms with van der Waals surface area (Å²) in [6, 6.07) is 11.5. The van der Waals surface area contributed by atoms with Crippen molar-refractivity contribution >= 4 is 21.6 Å². The summed E-state index contributed by atoms with van der Waals surface area (Å²) in [5.41, 5.74) is 1.08. The van der Waals surface area contributed by atoms with Gasteiger partial charge in [0, 0.05) is 24.1 Å². The molecule has 3 aromatic rings. The fraction of sp³-hybridized carbons (Fsp3) is 0.167. The van der Waals surface area contributed by atoms with E-state index >= 15 is 0 Å². The highest BCUT2D eigenvalue weighted by atomic mass is 32.2. The van der Waals surface area contributed by atoms with E-state index in [0.29, 0.717) is 17.1 Å². The Morgan fingerprint density at radius 1 is 1.11 bits per heavy atom. The van der Waals surface area contributed by atoms with Gasteiger partial charge in [0.15, 0.2) is 0 Å². The van der Waals surface area contributed by atoms with Crippen LogP contribution in [0, 0.1) is 5.82 Å². The van der Waals surface area contributed by atoms with Crippen LogP contribution in [-0.4, -0.2) is 31.5 Å². The van der Waals surface area contributed by atoms with Crippen molar-refractivity contribution in [2.45, 2.75) is 17.7 Å². The standard InChI is InChI=1S/C18H17FN4O4S/c1-20-28(25,26)15-8-6-14(7-9-15)21-16(24)10-11-17-22-18(23-27-17)12-2-4-13(19)5-3-12/h2-9,20H,10-11H2,1H3,(H,21,24). The molecular formula is C18H17FN4O4S. The van der Waals surface area contributed by atoms with Crippen molar-refractivity contribution in [3.63, 3.8) is 0 Å². The molecule has 0 spiro atoms. The van der Waals surface area contributed by atoms with Gasteiger partial charge in [-0.15, -0.1) is 0 Å². The van der Waals surface area contributed by atoms with E-state index in [4.69, 9.17) is 4.52 Å². The maximum absolute atomic E-state index is 13.0. The minimum atomic E-state index is -3.52. The van der Waals surface area contributed by atoms with E-state index in [1.807, 2.05) is 0 Å². The minimum absolute atomic E-state index is 0.0988. The van der Waals surface area contributed by atoms with Crippen molar-refractivity contribution in [3.05, 3.63) is 60.2 Å². The number of amides is 1. The SMILES string of the molecule is CNS(=O)(=O)c1ccc(NC(=O)CCc2nc(-c3ccc(F)cc3)no2)cc1. The van der Waals surface area contributed by atoms with E-state index in [9.17, 15) is 17.6 Å². The number of nitrogens with one attached hydrogen (secondary N) is 2. The molecule has 8 nitrogen and oxygen atoms in total. The highest BCUT2D eigenvalue weighted by Gasteiger charge is 2.13. The normalized spacial score (nSPS) is 11.4. The van der Waals surface area contributed by atoms with Crippen molar-refractivity contribution in [1.29, 1.82) is 0 Å². The summed E-state index contributed by atoms with van der Waals surface area (Å²) < 4.78 is 43.6. The van der Waals surface area contributed by atoms with Crippen molar-refractivity contribution in [1.82, 2.24) is 14.9 Å². The lowest BCUT2D eigenvalue weighted by Gasteiger charge is -2.06. The number of hydrogen-bond acceptors (Lipinski definition) is 6. The summed E-state index contributed by atoms with van der Waals surface area (Å²) >= 11 is 0. The molecule has 3 rings (SSSR count). The quantitative estimate of drug-likeness (QED) is 0.625. The van der Waals surface area contributed by atoms with Crippen LogP contribution in [0.2, 0.25) is 0 Å². The number of halogens is 1. The van der Waals surface area contributed by atoms with Crippen LogP contribution >= 0.6 is 0 Å². The average Bonchev–Trinajstić information content (AvgIpc) is 3.16. The Balaban J connectivity index is 1.55. The van der Waals surface area contributed by atoms with Crippen LogP contribution in [-0.2, 0) is 21.2 Å². The highest BCUT2D eigenvalue weighted by Crippen LogP contribution is 2.17. The Morgan fingerprint density at radius 3 is 2.43 bits per heavy atom. The molecule has 0 unspecified atom stereocenters. The Kier molecular flexibility index (Phi) is 5.81. The lowest BCUT2D eigenvalue weighted by molar-refractivity contribution is -0.116. The second-order valence-electron chi connectivity index (χ2n) is 5.80. The number of carbonyl (C=O) groups excluding carboxylic acids is 1. The van der Waals surface area contributed by atoms with Gasteiger partial charge in [-0.2, -0.15) is 4.98 Å². The molecule has 0 aliphatic heterocycles. The number of hydrogen-bond donors (Lipinski definition) is 2. The van der Waals surface area contributed by atoms with Crippen LogP contribution in [0.15, 0.2) is 57.9 Å². The van der Waals surface area contributed by atoms with E-state index in [1.165, 1.54) is 55.6 Å². The van der Waals surface area contributed by atoms with E-state index in [2.05, 4.69) is 20.2 Å². The van der Waals surface area contributed by atoms with Crippen molar-refractivity contribution < 1.29 is 22.1 Å². The van der Waals surface area contributed by atoms with Gasteiger partial charge in [-0.25, -0.2) is 17.5 Å². The first-order chi connectivity index (χ1) is 13.4. The largest absolute Gasteiger partial charge is 0.339 e. The lowest BCUT2D eigenvalue weighted by Crippen LogP contribution is -2.18. The van der Waals surface area contributed by atoms with Crippen LogP contribution in [0.5, 0.6) is 0 Å². The van der Waals surface area contributed by atoms with Crippen LogP contribution < -0.4 is 10.0 Å². The number of rotatable bonds is 7. The first kappa shape index (κ1) is 19.6. The molecule has 146 valence electrons. The number of sulfonamides is 1. The first-order valence-corrected chi connectivity index (χ1v) is 9.78. The molecule has 1 heterocycles. The topological polar surface area (TPSA) is 114 Å². The van der Waals surface area contributed by atoms with Gasteiger partial charge >= 0.3 is 0 Å². The lowest BCUT2D eigenvalue weighted by atomic mass is 10.2. The van der Waals surface area contributed by atoms with Crippen molar-refractivity contribution in [2.24, 2.45) is 0 Å². The second kappa shape index (κ2) is 8.28. The zero-order chi connectivity index (χ0) is 20.1. The van der Waals surface area contributed by atoms with E-state index < -0.39 is 10.0 Å². The maximum Gasteiger partial charge on any atom is 0.240 e. The summed E-state index contributed by atoms with van der Waals surface area (Å²) in [6.45, 7) is 0. The molecule has 0 aliphatic carbocycles. The fourth-order valence-electron chi connectivity index (χ4n) is 2.35. The molecule has 2 N–H and O–H groups in total. The Morgan fingerprint density at radius 2 is 1.79 bits per heavy atom. The van der Waals surface area contributed by atoms with E-state index in [1.54, 1.807) is 0 Å². The predicted molar refractivity (Wildman–Crippen MR) is 99.3 cm³/mol. The van der Waals surface area contributed by atoms with Gasteiger partial charge in [-0.3, -0.25) is 4.79 Å². The van der Waals surface area contributed by atoms with E-state index in [-0.39, 0.29) is 35.4 Å². The second-order valence-corrected chi connectivity index (χ2v) is 7.69. The molecule has 28 heavy (non-hydrogen) atoms. The number of anilines is 1. The Bertz CT molecular complexity index is 1060. The third-order valence-electron chi connectivity index (χ3n) is 3.85. The molecule has 10 heteroatoms. The highest BCUT2D eigenvalue weighted by molar-refractivity contribution is 7.89. The fourth-order valence-corrected chi connectivity index (χ4v) is 3.08. The van der Waals surface area contributed by atoms with Gasteiger partial charge in [0.2, 0.25) is 27.6 Å². The summed E-state index contributed by atoms with van der Waals surface area (Å²) in [7, 11) is -2.20. The molecule has 0 bridgehead atoms. The zero-order valence-corrected chi connectivity index (χ0v) is 15.7. The van der Waals surface area contributed by atoms with Crippen LogP contribution in [0.25, 0.3) is 11.4 Å². The zero-order valence-electron chi connectivity index (χ0n) is 14.8. The van der Waals surface area contributed by atoms with Crippen LogP contribution in [0.1, 0.15) is 12.3 Å². The molecule has 1 aromatic heterocycles. The van der Waals surface area contributed by atoms with Gasteiger partial charge in [0.25, 0.3) is 0 Å². The number of nitrogens with zero attached hydrogens (tertiary/aromatic N) is 2. The summed E-state index contributed by atoms with van der Waals surface area (Å²) in [6.07, 6.45) is 0.327. The monoisotopic (exact) mass is 404 g/mol. The summed E-state index contributed by atoms with van der Waals surface area (Å²) in [4.78, 5) is 16.4. The number of benzene rings is 2. The first-order valence-electron chi connectivity index (χ1n) is 8.29. The smallest absolute Gasteiger partial charge is 0.240 e. The number of aryl methyl sites for hydroxylation is 1. The molecule has 0 saturated heterocycles. The van der Waals surface area contributed by atoms with Crippen LogP contribution in [0.3, 0.4) is 0 Å². The predicted octanol–water partition coefficient (Wildman–Crippen LogP) is 2.36. The maximum atomic E-state index is 13.0. The third-order valence-corrected chi connectivity index (χ3v) is 5.28. The molecule has 0 atom stereocenters. The van der Waals surface area contributed by atoms with Crippen molar-refractivity contribution in [2.75, 3.05) is 12.4 Å². The number of aromatic nitrogens is 2. The summed E-state index contributed by atoms with van der Waals surface area (Å²) in [5, 5.41) is 6.48. The molecule has 1 amide bonds. The molecule has 0 fully saturated rings. The van der Waals surface area contributed by atoms with Gasteiger partial charge in [0.1, 0.15) is 5.82 Å². The third kappa shape index (κ3) is 4.78. The van der Waals surface area contributed by atoms with Gasteiger partial charge < -0.3 is 9.84 Å². The molecule has 0 aliphatic rings. The number of carbonyl (C=O) groups is 1. The molecule has 2 aromatic carbocycles. The van der Waals surface area contributed by atoms with Gasteiger partial charge in [-0.05, 0) is 55.6 Å². The van der Waals surface area contributed by atoms with Crippen molar-refractivity contribution in [3.8, 4) is 11.4 Å².